The molecule has 0 unspecified atom stereocenters. The van der Waals surface area contributed by atoms with Crippen LogP contribution in [0.15, 0.2) is 0 Å². The van der Waals surface area contributed by atoms with Gasteiger partial charge in [-0.1, -0.05) is 0 Å². The lowest BCUT2D eigenvalue weighted by molar-refractivity contribution is -0.0382. The van der Waals surface area contributed by atoms with Crippen LogP contribution < -0.4 is 0 Å². The van der Waals surface area contributed by atoms with E-state index in [1.165, 1.54) is 6.92 Å². The van der Waals surface area contributed by atoms with Gasteiger partial charge in [-0.15, -0.1) is 0 Å². The van der Waals surface area contributed by atoms with Gasteiger partial charge < -0.3 is 10.2 Å². The lowest BCUT2D eigenvalue weighted by Crippen LogP contribution is -2.32. The number of rotatable bonds is 0. The molecular formula is C6H12O2. The molecule has 0 heterocycles. The minimum Gasteiger partial charge on any atom is -0.390 e. The van der Waals surface area contributed by atoms with Crippen molar-refractivity contribution in [1.82, 2.24) is 0 Å². The van der Waals surface area contributed by atoms with Gasteiger partial charge in [-0.3, -0.25) is 0 Å². The van der Waals surface area contributed by atoms with Crippen molar-refractivity contribution in [3.63, 3.8) is 0 Å². The van der Waals surface area contributed by atoms with Crippen LogP contribution in [0.1, 0.15) is 28.9 Å². The standard InChI is InChI=1S/C6H12O2/c1-6(8)4-2-3-5(6)7/h5,7-8H,2-4H2,1H3/t5-,6+/m1/s1/i2D2. The van der Waals surface area contributed by atoms with E-state index >= 15 is 0 Å². The van der Waals surface area contributed by atoms with Gasteiger partial charge in [0.2, 0.25) is 0 Å². The molecule has 0 aromatic rings. The molecule has 8 heavy (non-hydrogen) atoms. The molecule has 1 rings (SSSR count). The SMILES string of the molecule is [2H]C1([2H])C[C@@H](O)[C@@](C)(O)C1. The third-order valence-electron chi connectivity index (χ3n) is 1.54. The van der Waals surface area contributed by atoms with Gasteiger partial charge in [0.05, 0.1) is 11.7 Å². The monoisotopic (exact) mass is 118 g/mol. The molecule has 2 atom stereocenters. The number of hydrogen-bond donors (Lipinski definition) is 2. The van der Waals surface area contributed by atoms with E-state index in [0.29, 0.717) is 0 Å². The van der Waals surface area contributed by atoms with Gasteiger partial charge in [-0.25, -0.2) is 0 Å². The van der Waals surface area contributed by atoms with Gasteiger partial charge in [0.1, 0.15) is 0 Å². The lowest BCUT2D eigenvalue weighted by atomic mass is 10.0. The number of aliphatic hydroxyl groups excluding tert-OH is 1. The topological polar surface area (TPSA) is 40.5 Å². The molecule has 1 aliphatic rings. The van der Waals surface area contributed by atoms with E-state index in [-0.39, 0.29) is 12.8 Å². The second kappa shape index (κ2) is 1.71. The van der Waals surface area contributed by atoms with Crippen molar-refractivity contribution < 1.29 is 13.0 Å². The van der Waals surface area contributed by atoms with Crippen LogP contribution in [0.4, 0.5) is 0 Å². The normalized spacial score (nSPS) is 57.6. The smallest absolute Gasteiger partial charge is 0.0877 e. The third kappa shape index (κ3) is 0.858. The zero-order valence-electron chi connectivity index (χ0n) is 6.89. The Morgan fingerprint density at radius 1 is 1.88 bits per heavy atom. The maximum absolute atomic E-state index is 9.31. The fraction of sp³-hybridized carbons (Fsp3) is 1.00. The predicted molar refractivity (Wildman–Crippen MR) is 30.5 cm³/mol. The van der Waals surface area contributed by atoms with Crippen LogP contribution in [0.2, 0.25) is 0 Å². The second-order valence-electron chi connectivity index (χ2n) is 2.50. The molecule has 48 valence electrons. The summed E-state index contributed by atoms with van der Waals surface area (Å²) in [6.07, 6.45) is -2.24. The quantitative estimate of drug-likeness (QED) is 0.479. The summed E-state index contributed by atoms with van der Waals surface area (Å²) in [5.41, 5.74) is -1.23. The van der Waals surface area contributed by atoms with Crippen molar-refractivity contribution in [2.75, 3.05) is 0 Å². The van der Waals surface area contributed by atoms with Crippen LogP contribution in [0.25, 0.3) is 0 Å². The summed E-state index contributed by atoms with van der Waals surface area (Å²) >= 11 is 0. The molecule has 0 aliphatic heterocycles. The highest BCUT2D eigenvalue weighted by atomic mass is 16.3. The van der Waals surface area contributed by atoms with E-state index in [1.807, 2.05) is 0 Å². The van der Waals surface area contributed by atoms with Crippen LogP contribution >= 0.6 is 0 Å². The first-order chi connectivity index (χ1) is 4.33. The Bertz CT molecular complexity index is 145. The van der Waals surface area contributed by atoms with Crippen molar-refractivity contribution in [1.29, 1.82) is 0 Å². The molecule has 0 radical (unpaired) electrons. The molecule has 0 bridgehead atoms. The minimum atomic E-state index is -1.40. The predicted octanol–water partition coefficient (Wildman–Crippen LogP) is 0.282. The van der Waals surface area contributed by atoms with E-state index in [9.17, 15) is 5.11 Å². The zero-order valence-corrected chi connectivity index (χ0v) is 4.89. The maximum atomic E-state index is 9.31. The summed E-state index contributed by atoms with van der Waals surface area (Å²) in [6.45, 7) is 1.46. The molecule has 2 heteroatoms. The molecule has 2 N–H and O–H groups in total. The summed E-state index contributed by atoms with van der Waals surface area (Å²) in [5.74, 6) is 0. The average molecular weight is 118 g/mol. The number of aliphatic hydroxyl groups is 2. The van der Waals surface area contributed by atoms with Gasteiger partial charge in [0.25, 0.3) is 0 Å². The lowest BCUT2D eigenvalue weighted by Gasteiger charge is -2.19. The largest absolute Gasteiger partial charge is 0.390 e. The highest BCUT2D eigenvalue weighted by molar-refractivity contribution is 4.87. The van der Waals surface area contributed by atoms with Gasteiger partial charge in [0, 0.05) is 2.74 Å². The van der Waals surface area contributed by atoms with Crippen LogP contribution in [0.3, 0.4) is 0 Å². The van der Waals surface area contributed by atoms with E-state index in [4.69, 9.17) is 7.85 Å². The molecule has 1 fully saturated rings. The molecule has 0 spiro atoms. The molecular weight excluding hydrogens is 104 g/mol. The van der Waals surface area contributed by atoms with Crippen molar-refractivity contribution in [2.24, 2.45) is 0 Å². The fourth-order valence-electron chi connectivity index (χ4n) is 0.800. The van der Waals surface area contributed by atoms with Crippen molar-refractivity contribution >= 4 is 0 Å². The Morgan fingerprint density at radius 2 is 2.50 bits per heavy atom. The highest BCUT2D eigenvalue weighted by Crippen LogP contribution is 2.28. The van der Waals surface area contributed by atoms with Crippen LogP contribution in [-0.2, 0) is 0 Å². The van der Waals surface area contributed by atoms with Crippen molar-refractivity contribution in [2.45, 2.75) is 37.8 Å². The van der Waals surface area contributed by atoms with Gasteiger partial charge in [-0.05, 0) is 26.1 Å². The van der Waals surface area contributed by atoms with Gasteiger partial charge >= 0.3 is 0 Å². The van der Waals surface area contributed by atoms with E-state index < -0.39 is 18.1 Å². The Kier molecular flexibility index (Phi) is 0.822. The average Bonchev–Trinajstić information content (AvgIpc) is 1.73. The molecule has 1 saturated carbocycles. The minimum absolute atomic E-state index is 0.0289. The zero-order chi connectivity index (χ0) is 7.99. The first-order valence-electron chi connectivity index (χ1n) is 3.74. The Hall–Kier alpha value is -0.0800. The Morgan fingerprint density at radius 3 is 2.62 bits per heavy atom. The van der Waals surface area contributed by atoms with Crippen molar-refractivity contribution in [3.05, 3.63) is 0 Å². The Balaban J connectivity index is 2.71. The summed E-state index contributed by atoms with van der Waals surface area (Å²) in [7, 11) is 0. The number of hydrogen-bond acceptors (Lipinski definition) is 2. The van der Waals surface area contributed by atoms with Crippen molar-refractivity contribution in [3.8, 4) is 0 Å². The van der Waals surface area contributed by atoms with Crippen LogP contribution in [0, 0.1) is 0 Å². The van der Waals surface area contributed by atoms with Crippen LogP contribution in [-0.4, -0.2) is 21.9 Å². The molecule has 0 amide bonds. The fourth-order valence-corrected chi connectivity index (χ4v) is 0.800. The summed E-state index contributed by atoms with van der Waals surface area (Å²) in [5, 5.41) is 18.4. The maximum Gasteiger partial charge on any atom is 0.0877 e. The molecule has 0 aromatic heterocycles. The van der Waals surface area contributed by atoms with Gasteiger partial charge in [0.15, 0.2) is 0 Å². The summed E-state index contributed by atoms with van der Waals surface area (Å²) in [4.78, 5) is 0. The molecule has 0 saturated heterocycles. The Labute approximate surface area is 52.0 Å². The second-order valence-corrected chi connectivity index (χ2v) is 2.50. The summed E-state index contributed by atoms with van der Waals surface area (Å²) in [6, 6.07) is 0. The highest BCUT2D eigenvalue weighted by Gasteiger charge is 2.34. The third-order valence-corrected chi connectivity index (χ3v) is 1.54. The van der Waals surface area contributed by atoms with Gasteiger partial charge in [-0.2, -0.15) is 0 Å². The van der Waals surface area contributed by atoms with E-state index in [1.54, 1.807) is 0 Å². The molecule has 2 nitrogen and oxygen atoms in total. The molecule has 0 aromatic carbocycles. The van der Waals surface area contributed by atoms with Crippen LogP contribution in [0.5, 0.6) is 0 Å². The molecule has 1 aliphatic carbocycles. The summed E-state index contributed by atoms with van der Waals surface area (Å²) < 4.78 is 14.4. The first kappa shape index (κ1) is 3.85. The first-order valence-corrected chi connectivity index (χ1v) is 2.74. The van der Waals surface area contributed by atoms with E-state index in [2.05, 4.69) is 0 Å². The van der Waals surface area contributed by atoms with E-state index in [0.717, 1.165) is 0 Å².